The number of nitrogens with one attached hydrogen (secondary N) is 1. The van der Waals surface area contributed by atoms with Crippen LogP contribution < -0.4 is 5.32 Å². The number of hydrogen-bond donors (Lipinski definition) is 2. The fraction of sp³-hybridized carbons (Fsp3) is 0.185. The van der Waals surface area contributed by atoms with Crippen molar-refractivity contribution in [2.45, 2.75) is 18.8 Å². The predicted molar refractivity (Wildman–Crippen MR) is 122 cm³/mol. The molecule has 5 nitrogen and oxygen atoms in total. The molecule has 0 fully saturated rings. The zero-order valence-corrected chi connectivity index (χ0v) is 17.5. The number of alkyl carbamates (subject to hydrolysis) is 1. The normalized spacial score (nSPS) is 11.6. The van der Waals surface area contributed by atoms with Gasteiger partial charge in [0, 0.05) is 17.9 Å². The molecular formula is C27H23NO4. The first-order valence-corrected chi connectivity index (χ1v) is 10.5. The fourth-order valence-electron chi connectivity index (χ4n) is 3.97. The second-order valence-electron chi connectivity index (χ2n) is 7.57. The quantitative estimate of drug-likeness (QED) is 0.566. The minimum absolute atomic E-state index is 0.0211. The predicted octanol–water partition coefficient (Wildman–Crippen LogP) is 4.59. The third kappa shape index (κ3) is 4.98. The summed E-state index contributed by atoms with van der Waals surface area (Å²) in [4.78, 5) is 22.9. The van der Waals surface area contributed by atoms with Crippen molar-refractivity contribution in [2.75, 3.05) is 13.2 Å². The largest absolute Gasteiger partial charge is 0.481 e. The van der Waals surface area contributed by atoms with Gasteiger partial charge in [0.15, 0.2) is 0 Å². The van der Waals surface area contributed by atoms with Crippen molar-refractivity contribution in [2.24, 2.45) is 0 Å². The minimum atomic E-state index is -0.825. The molecule has 0 radical (unpaired) electrons. The Hall–Kier alpha value is -4.04. The summed E-state index contributed by atoms with van der Waals surface area (Å²) in [5.74, 6) is 5.09. The third-order valence-electron chi connectivity index (χ3n) is 5.45. The molecule has 160 valence electrons. The molecule has 0 bridgehead atoms. The number of aliphatic carboxylic acids is 1. The van der Waals surface area contributed by atoms with Crippen LogP contribution in [0.5, 0.6) is 0 Å². The number of carbonyl (C=O) groups is 2. The maximum Gasteiger partial charge on any atom is 0.407 e. The van der Waals surface area contributed by atoms with Crippen molar-refractivity contribution in [3.63, 3.8) is 0 Å². The molecule has 0 aromatic heterocycles. The molecule has 1 aliphatic rings. The Kier molecular flexibility index (Phi) is 6.52. The molecule has 0 unspecified atom stereocenters. The van der Waals surface area contributed by atoms with Gasteiger partial charge in [-0.2, -0.15) is 0 Å². The highest BCUT2D eigenvalue weighted by molar-refractivity contribution is 5.79. The molecule has 0 saturated carbocycles. The van der Waals surface area contributed by atoms with Gasteiger partial charge in [-0.1, -0.05) is 72.5 Å². The van der Waals surface area contributed by atoms with Crippen molar-refractivity contribution >= 4 is 12.1 Å². The Morgan fingerprint density at radius 3 is 2.31 bits per heavy atom. The zero-order valence-electron chi connectivity index (χ0n) is 17.5. The first-order valence-electron chi connectivity index (χ1n) is 10.5. The molecule has 5 heteroatoms. The molecule has 1 aliphatic carbocycles. The molecule has 3 aromatic rings. The molecule has 0 spiro atoms. The van der Waals surface area contributed by atoms with Gasteiger partial charge >= 0.3 is 12.1 Å². The summed E-state index contributed by atoms with van der Waals surface area (Å²) in [7, 11) is 0. The summed E-state index contributed by atoms with van der Waals surface area (Å²) in [6, 6.07) is 23.8. The van der Waals surface area contributed by atoms with Gasteiger partial charge in [-0.3, -0.25) is 4.79 Å². The highest BCUT2D eigenvalue weighted by Gasteiger charge is 2.28. The van der Waals surface area contributed by atoms with Crippen molar-refractivity contribution in [3.05, 3.63) is 95.1 Å². The number of hydrogen-bond acceptors (Lipinski definition) is 3. The average molecular weight is 425 g/mol. The number of amides is 1. The molecule has 3 aromatic carbocycles. The Bertz CT molecular complexity index is 1160. The molecule has 0 heterocycles. The van der Waals surface area contributed by atoms with E-state index >= 15 is 0 Å². The van der Waals surface area contributed by atoms with Gasteiger partial charge < -0.3 is 15.2 Å². The van der Waals surface area contributed by atoms with Gasteiger partial charge in [0.25, 0.3) is 0 Å². The maximum atomic E-state index is 12.2. The monoisotopic (exact) mass is 425 g/mol. The molecule has 0 atom stereocenters. The fourth-order valence-corrected chi connectivity index (χ4v) is 3.97. The third-order valence-corrected chi connectivity index (χ3v) is 5.45. The number of carboxylic acid groups (broad SMARTS) is 1. The van der Waals surface area contributed by atoms with Crippen LogP contribution in [0.15, 0.2) is 72.8 Å². The standard InChI is InChI=1S/C27H23NO4/c29-26(30)15-14-20-8-5-7-19(17-20)9-6-16-28-27(31)32-18-25-23-12-3-1-10-21(23)22-11-2-4-13-24(22)25/h1-5,7-8,10-13,17,25H,14-16,18H2,(H,28,31)(H,29,30). The van der Waals surface area contributed by atoms with Crippen LogP contribution in [0.2, 0.25) is 0 Å². The summed E-state index contributed by atoms with van der Waals surface area (Å²) in [5.41, 5.74) is 6.42. The van der Waals surface area contributed by atoms with Crippen LogP contribution in [0.3, 0.4) is 0 Å². The summed E-state index contributed by atoms with van der Waals surface area (Å²) < 4.78 is 5.49. The Labute approximate surface area is 187 Å². The van der Waals surface area contributed by atoms with E-state index < -0.39 is 12.1 Å². The van der Waals surface area contributed by atoms with Gasteiger partial charge in [0.2, 0.25) is 0 Å². The lowest BCUT2D eigenvalue weighted by atomic mass is 9.98. The van der Waals surface area contributed by atoms with Crippen LogP contribution in [-0.4, -0.2) is 30.3 Å². The van der Waals surface area contributed by atoms with Crippen LogP contribution in [0.1, 0.15) is 34.6 Å². The van der Waals surface area contributed by atoms with E-state index in [4.69, 9.17) is 9.84 Å². The number of ether oxygens (including phenoxy) is 1. The van der Waals surface area contributed by atoms with Crippen molar-refractivity contribution < 1.29 is 19.4 Å². The first kappa shape index (κ1) is 21.2. The summed E-state index contributed by atoms with van der Waals surface area (Å²) >= 11 is 0. The van der Waals surface area contributed by atoms with Gasteiger partial charge in [0.05, 0.1) is 6.54 Å². The lowest BCUT2D eigenvalue weighted by Crippen LogP contribution is -2.26. The van der Waals surface area contributed by atoms with Crippen LogP contribution in [-0.2, 0) is 16.0 Å². The van der Waals surface area contributed by atoms with E-state index in [1.54, 1.807) is 0 Å². The highest BCUT2D eigenvalue weighted by Crippen LogP contribution is 2.44. The van der Waals surface area contributed by atoms with Gasteiger partial charge in [-0.25, -0.2) is 4.79 Å². The zero-order chi connectivity index (χ0) is 22.3. The van der Waals surface area contributed by atoms with Crippen LogP contribution >= 0.6 is 0 Å². The van der Waals surface area contributed by atoms with Crippen LogP contribution in [0.25, 0.3) is 11.1 Å². The van der Waals surface area contributed by atoms with Crippen molar-refractivity contribution in [1.29, 1.82) is 0 Å². The summed E-state index contributed by atoms with van der Waals surface area (Å²) in [5, 5.41) is 11.5. The van der Waals surface area contributed by atoms with E-state index in [-0.39, 0.29) is 25.5 Å². The number of benzene rings is 3. The van der Waals surface area contributed by atoms with Gasteiger partial charge in [-0.05, 0) is 46.4 Å². The smallest absolute Gasteiger partial charge is 0.407 e. The first-order chi connectivity index (χ1) is 15.6. The van der Waals surface area contributed by atoms with Crippen LogP contribution in [0, 0.1) is 11.8 Å². The van der Waals surface area contributed by atoms with E-state index in [2.05, 4.69) is 41.4 Å². The van der Waals surface area contributed by atoms with Crippen molar-refractivity contribution in [1.82, 2.24) is 5.32 Å². The minimum Gasteiger partial charge on any atom is -0.481 e. The number of fused-ring (bicyclic) bond motifs is 3. The highest BCUT2D eigenvalue weighted by atomic mass is 16.5. The number of rotatable bonds is 6. The molecule has 1 amide bonds. The Morgan fingerprint density at radius 2 is 1.62 bits per heavy atom. The second kappa shape index (κ2) is 9.84. The van der Waals surface area contributed by atoms with Gasteiger partial charge in [-0.15, -0.1) is 0 Å². The second-order valence-corrected chi connectivity index (χ2v) is 7.57. The van der Waals surface area contributed by atoms with E-state index in [1.165, 1.54) is 22.3 Å². The van der Waals surface area contributed by atoms with Crippen LogP contribution in [0.4, 0.5) is 4.79 Å². The summed E-state index contributed by atoms with van der Waals surface area (Å²) in [6.07, 6.45) is 0.0414. The van der Waals surface area contributed by atoms with E-state index in [9.17, 15) is 9.59 Å². The molecule has 0 saturated heterocycles. The Balaban J connectivity index is 1.30. The Morgan fingerprint density at radius 1 is 0.938 bits per heavy atom. The average Bonchev–Trinajstić information content (AvgIpc) is 3.13. The molecule has 2 N–H and O–H groups in total. The lowest BCUT2D eigenvalue weighted by Gasteiger charge is -2.14. The summed E-state index contributed by atoms with van der Waals surface area (Å²) in [6.45, 7) is 0.426. The topological polar surface area (TPSA) is 75.6 Å². The van der Waals surface area contributed by atoms with E-state index in [0.717, 1.165) is 11.1 Å². The number of carboxylic acids is 1. The van der Waals surface area contributed by atoms with Crippen molar-refractivity contribution in [3.8, 4) is 23.0 Å². The lowest BCUT2D eigenvalue weighted by molar-refractivity contribution is -0.136. The molecular weight excluding hydrogens is 402 g/mol. The molecule has 4 rings (SSSR count). The molecule has 32 heavy (non-hydrogen) atoms. The maximum absolute atomic E-state index is 12.2. The van der Waals surface area contributed by atoms with E-state index in [1.807, 2.05) is 48.5 Å². The van der Waals surface area contributed by atoms with Gasteiger partial charge in [0.1, 0.15) is 6.61 Å². The number of aryl methyl sites for hydroxylation is 1. The SMILES string of the molecule is O=C(O)CCc1cccc(C#CCNC(=O)OCC2c3ccccc3-c3ccccc32)c1. The molecule has 0 aliphatic heterocycles. The number of carbonyl (C=O) groups excluding carboxylic acids is 1. The van der Waals surface area contributed by atoms with E-state index in [0.29, 0.717) is 6.42 Å².